The predicted molar refractivity (Wildman–Crippen MR) is 73.7 cm³/mol. The van der Waals surface area contributed by atoms with Gasteiger partial charge in [0.05, 0.1) is 5.56 Å². The maximum atomic E-state index is 11.5. The van der Waals surface area contributed by atoms with Crippen molar-refractivity contribution < 1.29 is 14.7 Å². The van der Waals surface area contributed by atoms with Crippen LogP contribution in [0, 0.1) is 6.92 Å². The average Bonchev–Trinajstić information content (AvgIpc) is 2.34. The molecule has 6 nitrogen and oxygen atoms in total. The molecule has 0 spiro atoms. The van der Waals surface area contributed by atoms with Crippen molar-refractivity contribution in [2.75, 3.05) is 25.5 Å². The van der Waals surface area contributed by atoms with Gasteiger partial charge in [-0.05, 0) is 50.7 Å². The number of hydrogen-bond acceptors (Lipinski definition) is 3. The van der Waals surface area contributed by atoms with Crippen LogP contribution in [0.15, 0.2) is 18.2 Å². The Hall–Kier alpha value is -2.08. The highest BCUT2D eigenvalue weighted by Gasteiger charge is 2.08. The smallest absolute Gasteiger partial charge is 0.335 e. The fraction of sp³-hybridized carbons (Fsp3) is 0.385. The van der Waals surface area contributed by atoms with E-state index in [9.17, 15) is 9.59 Å². The predicted octanol–water partition coefficient (Wildman–Crippen LogP) is 1.42. The molecule has 1 rings (SSSR count). The highest BCUT2D eigenvalue weighted by atomic mass is 16.4. The lowest BCUT2D eigenvalue weighted by Gasteiger charge is -2.09. The molecule has 0 heterocycles. The van der Waals surface area contributed by atoms with E-state index in [1.165, 1.54) is 6.07 Å². The van der Waals surface area contributed by atoms with Gasteiger partial charge in [-0.3, -0.25) is 0 Å². The van der Waals surface area contributed by atoms with Gasteiger partial charge >= 0.3 is 12.0 Å². The Kier molecular flexibility index (Phi) is 5.81. The Morgan fingerprint density at radius 3 is 2.58 bits per heavy atom. The zero-order chi connectivity index (χ0) is 14.3. The number of nitrogens with one attached hydrogen (secondary N) is 3. The molecule has 1 aromatic carbocycles. The molecule has 0 aliphatic rings. The molecule has 19 heavy (non-hydrogen) atoms. The first-order valence-corrected chi connectivity index (χ1v) is 6.08. The van der Waals surface area contributed by atoms with E-state index in [0.29, 0.717) is 17.8 Å². The second-order valence-corrected chi connectivity index (χ2v) is 4.17. The highest BCUT2D eigenvalue weighted by molar-refractivity contribution is 5.92. The topological polar surface area (TPSA) is 90.5 Å². The van der Waals surface area contributed by atoms with Crippen molar-refractivity contribution in [2.24, 2.45) is 0 Å². The average molecular weight is 265 g/mol. The minimum absolute atomic E-state index is 0.236. The molecule has 0 saturated carbocycles. The first-order chi connectivity index (χ1) is 9.04. The van der Waals surface area contributed by atoms with E-state index < -0.39 is 5.97 Å². The molecule has 1 aromatic rings. The highest BCUT2D eigenvalue weighted by Crippen LogP contribution is 2.15. The number of aryl methyl sites for hydroxylation is 1. The minimum Gasteiger partial charge on any atom is -0.478 e. The summed E-state index contributed by atoms with van der Waals surface area (Å²) in [4.78, 5) is 22.4. The van der Waals surface area contributed by atoms with Crippen molar-refractivity contribution in [3.05, 3.63) is 29.3 Å². The number of amides is 2. The normalized spacial score (nSPS) is 10.0. The Balaban J connectivity index is 2.51. The van der Waals surface area contributed by atoms with Gasteiger partial charge in [0.15, 0.2) is 0 Å². The molecule has 0 saturated heterocycles. The van der Waals surface area contributed by atoms with Crippen LogP contribution in [0.25, 0.3) is 0 Å². The maximum Gasteiger partial charge on any atom is 0.335 e. The number of carboxylic acid groups (broad SMARTS) is 1. The molecular weight excluding hydrogens is 246 g/mol. The number of carboxylic acids is 1. The summed E-state index contributed by atoms with van der Waals surface area (Å²) in [6, 6.07) is 4.40. The molecule has 104 valence electrons. The number of carbonyl (C=O) groups excluding carboxylic acids is 1. The van der Waals surface area contributed by atoms with Crippen molar-refractivity contribution in [2.45, 2.75) is 13.3 Å². The molecule has 0 bridgehead atoms. The van der Waals surface area contributed by atoms with Crippen molar-refractivity contribution in [3.63, 3.8) is 0 Å². The van der Waals surface area contributed by atoms with E-state index in [4.69, 9.17) is 5.11 Å². The summed E-state index contributed by atoms with van der Waals surface area (Å²) in [5.74, 6) is -0.972. The van der Waals surface area contributed by atoms with Crippen LogP contribution in [0.4, 0.5) is 10.5 Å². The third-order valence-electron chi connectivity index (χ3n) is 2.60. The summed E-state index contributed by atoms with van der Waals surface area (Å²) in [6.45, 7) is 3.12. The second-order valence-electron chi connectivity index (χ2n) is 4.17. The monoisotopic (exact) mass is 265 g/mol. The lowest BCUT2D eigenvalue weighted by atomic mass is 10.1. The molecule has 4 N–H and O–H groups in total. The van der Waals surface area contributed by atoms with E-state index in [1.807, 2.05) is 7.05 Å². The van der Waals surface area contributed by atoms with Gasteiger partial charge in [0, 0.05) is 12.2 Å². The van der Waals surface area contributed by atoms with E-state index >= 15 is 0 Å². The van der Waals surface area contributed by atoms with Gasteiger partial charge in [-0.15, -0.1) is 0 Å². The van der Waals surface area contributed by atoms with Gasteiger partial charge in [0.1, 0.15) is 0 Å². The summed E-state index contributed by atoms with van der Waals surface area (Å²) in [5, 5.41) is 17.3. The van der Waals surface area contributed by atoms with Gasteiger partial charge in [0.25, 0.3) is 0 Å². The Morgan fingerprint density at radius 2 is 2.00 bits per heavy atom. The van der Waals surface area contributed by atoms with Gasteiger partial charge in [-0.25, -0.2) is 9.59 Å². The zero-order valence-corrected chi connectivity index (χ0v) is 11.1. The van der Waals surface area contributed by atoms with E-state index in [2.05, 4.69) is 16.0 Å². The van der Waals surface area contributed by atoms with Crippen LogP contribution in [0.2, 0.25) is 0 Å². The fourth-order valence-corrected chi connectivity index (χ4v) is 1.62. The molecule has 0 atom stereocenters. The third-order valence-corrected chi connectivity index (χ3v) is 2.60. The number of rotatable bonds is 6. The van der Waals surface area contributed by atoms with Crippen molar-refractivity contribution in [1.82, 2.24) is 10.6 Å². The number of aromatic carboxylic acids is 1. The quantitative estimate of drug-likeness (QED) is 0.586. The molecular formula is C13H19N3O3. The third kappa shape index (κ3) is 4.97. The number of carbonyl (C=O) groups is 2. The Bertz CT molecular complexity index is 460. The van der Waals surface area contributed by atoms with Crippen LogP contribution in [0.1, 0.15) is 22.3 Å². The molecule has 2 amide bonds. The van der Waals surface area contributed by atoms with Crippen molar-refractivity contribution >= 4 is 17.7 Å². The van der Waals surface area contributed by atoms with Crippen LogP contribution in [0.5, 0.6) is 0 Å². The Morgan fingerprint density at radius 1 is 1.26 bits per heavy atom. The van der Waals surface area contributed by atoms with E-state index in [1.54, 1.807) is 19.1 Å². The lowest BCUT2D eigenvalue weighted by Crippen LogP contribution is -2.30. The number of anilines is 1. The Labute approximate surface area is 112 Å². The number of hydrogen-bond donors (Lipinski definition) is 4. The zero-order valence-electron chi connectivity index (χ0n) is 11.1. The van der Waals surface area contributed by atoms with Crippen molar-refractivity contribution in [1.29, 1.82) is 0 Å². The SMILES string of the molecule is CNCCCNC(=O)Nc1ccc(C(=O)O)c(C)c1. The van der Waals surface area contributed by atoms with Crippen LogP contribution in [-0.4, -0.2) is 37.2 Å². The summed E-state index contributed by atoms with van der Waals surface area (Å²) in [6.07, 6.45) is 0.848. The standard InChI is InChI=1S/C13H19N3O3/c1-9-8-10(4-5-11(9)12(17)18)16-13(19)15-7-3-6-14-2/h4-5,8,14H,3,6-7H2,1-2H3,(H,17,18)(H2,15,16,19). The molecule has 0 fully saturated rings. The summed E-state index contributed by atoms with van der Waals surface area (Å²) in [5.41, 5.74) is 1.43. The van der Waals surface area contributed by atoms with Crippen molar-refractivity contribution in [3.8, 4) is 0 Å². The van der Waals surface area contributed by atoms with Gasteiger partial charge < -0.3 is 21.1 Å². The van der Waals surface area contributed by atoms with Crippen LogP contribution >= 0.6 is 0 Å². The number of benzene rings is 1. The van der Waals surface area contributed by atoms with E-state index in [0.717, 1.165) is 13.0 Å². The first kappa shape index (κ1) is 15.0. The summed E-state index contributed by atoms with van der Waals surface area (Å²) >= 11 is 0. The molecule has 0 aliphatic carbocycles. The molecule has 0 unspecified atom stereocenters. The minimum atomic E-state index is -0.972. The fourth-order valence-electron chi connectivity index (χ4n) is 1.62. The van der Waals surface area contributed by atoms with Gasteiger partial charge in [-0.1, -0.05) is 0 Å². The van der Waals surface area contributed by atoms with E-state index in [-0.39, 0.29) is 11.6 Å². The number of urea groups is 1. The van der Waals surface area contributed by atoms with Crippen LogP contribution < -0.4 is 16.0 Å². The van der Waals surface area contributed by atoms with Gasteiger partial charge in [-0.2, -0.15) is 0 Å². The molecule has 0 aromatic heterocycles. The first-order valence-electron chi connectivity index (χ1n) is 6.08. The lowest BCUT2D eigenvalue weighted by molar-refractivity contribution is 0.0696. The largest absolute Gasteiger partial charge is 0.478 e. The maximum absolute atomic E-state index is 11.5. The van der Waals surface area contributed by atoms with Crippen LogP contribution in [0.3, 0.4) is 0 Å². The summed E-state index contributed by atoms with van der Waals surface area (Å²) in [7, 11) is 1.85. The van der Waals surface area contributed by atoms with Crippen LogP contribution in [-0.2, 0) is 0 Å². The molecule has 0 radical (unpaired) electrons. The van der Waals surface area contributed by atoms with Gasteiger partial charge in [0.2, 0.25) is 0 Å². The second kappa shape index (κ2) is 7.38. The molecule has 6 heteroatoms. The molecule has 0 aliphatic heterocycles. The summed E-state index contributed by atoms with van der Waals surface area (Å²) < 4.78 is 0.